The standard InChI is InChI=1S/C24H32N8/c1-16(17-5-2-3-6-17)27-20-11-8-18-9-13-21(15-19(18)10-12-20)28-24-29-23(25)32(31-24)22-7-4-14-26-30-22/h4,7,9,13-17,20,27H,2-3,5-6,8,10-12H2,1H3,(H3,25,28,29,31)/t16?,20-/m0/s1. The highest BCUT2D eigenvalue weighted by atomic mass is 15.4. The van der Waals surface area contributed by atoms with Gasteiger partial charge in [-0.05, 0) is 86.8 Å². The van der Waals surface area contributed by atoms with Crippen molar-refractivity contribution < 1.29 is 0 Å². The summed E-state index contributed by atoms with van der Waals surface area (Å²) in [6, 6.07) is 11.4. The van der Waals surface area contributed by atoms with Crippen molar-refractivity contribution in [3.05, 3.63) is 47.7 Å². The fourth-order valence-electron chi connectivity index (χ4n) is 5.20. The van der Waals surface area contributed by atoms with Gasteiger partial charge in [0, 0.05) is 24.0 Å². The number of nitrogen functional groups attached to an aromatic ring is 1. The van der Waals surface area contributed by atoms with Crippen molar-refractivity contribution in [3.63, 3.8) is 0 Å². The van der Waals surface area contributed by atoms with Gasteiger partial charge in [-0.2, -0.15) is 14.8 Å². The van der Waals surface area contributed by atoms with Crippen LogP contribution in [0.25, 0.3) is 5.82 Å². The second kappa shape index (κ2) is 9.24. The molecule has 1 unspecified atom stereocenters. The van der Waals surface area contributed by atoms with Gasteiger partial charge in [0.25, 0.3) is 0 Å². The molecule has 0 aliphatic heterocycles. The Morgan fingerprint density at radius 2 is 1.88 bits per heavy atom. The molecule has 32 heavy (non-hydrogen) atoms. The number of rotatable bonds is 6. The van der Waals surface area contributed by atoms with Crippen molar-refractivity contribution >= 4 is 17.6 Å². The van der Waals surface area contributed by atoms with E-state index in [1.165, 1.54) is 54.3 Å². The van der Waals surface area contributed by atoms with Crippen molar-refractivity contribution in [3.8, 4) is 5.82 Å². The second-order valence-corrected chi connectivity index (χ2v) is 9.17. The van der Waals surface area contributed by atoms with Crippen LogP contribution in [0.5, 0.6) is 0 Å². The van der Waals surface area contributed by atoms with E-state index in [1.54, 1.807) is 18.3 Å². The molecule has 168 valence electrons. The molecule has 2 aliphatic rings. The smallest absolute Gasteiger partial charge is 0.248 e. The highest BCUT2D eigenvalue weighted by Crippen LogP contribution is 2.30. The van der Waals surface area contributed by atoms with Crippen LogP contribution < -0.4 is 16.4 Å². The SMILES string of the molecule is CC(N[C@H]1CCc2ccc(Nc3nc(N)n(-c4cccnn4)n3)cc2CC1)C1CCCC1. The first-order valence-corrected chi connectivity index (χ1v) is 11.8. The number of hydrogen-bond donors (Lipinski definition) is 3. The summed E-state index contributed by atoms with van der Waals surface area (Å²) in [5.41, 5.74) is 9.87. The number of benzene rings is 1. The topological polar surface area (TPSA) is 107 Å². The molecule has 0 bridgehead atoms. The Labute approximate surface area is 189 Å². The predicted octanol–water partition coefficient (Wildman–Crippen LogP) is 3.80. The molecule has 8 heteroatoms. The maximum Gasteiger partial charge on any atom is 0.248 e. The first-order chi connectivity index (χ1) is 15.7. The lowest BCUT2D eigenvalue weighted by atomic mass is 9.97. The zero-order valence-electron chi connectivity index (χ0n) is 18.7. The number of anilines is 3. The van der Waals surface area contributed by atoms with Gasteiger partial charge in [0.15, 0.2) is 5.82 Å². The summed E-state index contributed by atoms with van der Waals surface area (Å²) < 4.78 is 1.49. The lowest BCUT2D eigenvalue weighted by molar-refractivity contribution is 0.324. The van der Waals surface area contributed by atoms with Crippen LogP contribution in [-0.4, -0.2) is 37.0 Å². The number of aromatic nitrogens is 5. The second-order valence-electron chi connectivity index (χ2n) is 9.17. The maximum absolute atomic E-state index is 6.03. The van der Waals surface area contributed by atoms with E-state index in [4.69, 9.17) is 5.73 Å². The van der Waals surface area contributed by atoms with Gasteiger partial charge in [-0.1, -0.05) is 18.9 Å². The molecule has 2 aliphatic carbocycles. The third-order valence-electron chi connectivity index (χ3n) is 7.00. The van der Waals surface area contributed by atoms with Crippen molar-refractivity contribution in [2.45, 2.75) is 70.4 Å². The highest BCUT2D eigenvalue weighted by molar-refractivity contribution is 5.57. The highest BCUT2D eigenvalue weighted by Gasteiger charge is 2.25. The van der Waals surface area contributed by atoms with Crippen LogP contribution in [0.2, 0.25) is 0 Å². The zero-order chi connectivity index (χ0) is 21.9. The molecule has 1 fully saturated rings. The van der Waals surface area contributed by atoms with Gasteiger partial charge in [-0.25, -0.2) is 0 Å². The van der Waals surface area contributed by atoms with Gasteiger partial charge in [-0.3, -0.25) is 0 Å². The zero-order valence-corrected chi connectivity index (χ0v) is 18.7. The molecule has 5 rings (SSSR count). The van der Waals surface area contributed by atoms with E-state index in [9.17, 15) is 0 Å². The molecule has 4 N–H and O–H groups in total. The molecule has 8 nitrogen and oxygen atoms in total. The summed E-state index contributed by atoms with van der Waals surface area (Å²) in [5, 5.41) is 19.6. The summed E-state index contributed by atoms with van der Waals surface area (Å²) in [6.45, 7) is 2.38. The molecule has 0 saturated heterocycles. The van der Waals surface area contributed by atoms with Crippen molar-refractivity contribution in [1.82, 2.24) is 30.3 Å². The Kier molecular flexibility index (Phi) is 6.03. The minimum absolute atomic E-state index is 0.271. The summed E-state index contributed by atoms with van der Waals surface area (Å²) in [6.07, 6.45) is 11.8. The maximum atomic E-state index is 6.03. The largest absolute Gasteiger partial charge is 0.368 e. The molecule has 2 heterocycles. The Bertz CT molecular complexity index is 1040. The van der Waals surface area contributed by atoms with Crippen LogP contribution in [0.1, 0.15) is 56.6 Å². The number of hydrogen-bond acceptors (Lipinski definition) is 7. The fourth-order valence-corrected chi connectivity index (χ4v) is 5.20. The molecule has 1 saturated carbocycles. The molecular weight excluding hydrogens is 400 g/mol. The average Bonchev–Trinajstić information content (AvgIpc) is 3.42. The van der Waals surface area contributed by atoms with Crippen molar-refractivity contribution in [2.24, 2.45) is 5.92 Å². The quantitative estimate of drug-likeness (QED) is 0.509. The van der Waals surface area contributed by atoms with E-state index in [-0.39, 0.29) is 5.95 Å². The molecule has 1 aromatic carbocycles. The van der Waals surface area contributed by atoms with Crippen LogP contribution in [0.4, 0.5) is 17.6 Å². The first-order valence-electron chi connectivity index (χ1n) is 11.8. The lowest BCUT2D eigenvalue weighted by Gasteiger charge is -2.26. The fraction of sp³-hybridized carbons (Fsp3) is 0.500. The van der Waals surface area contributed by atoms with Crippen LogP contribution >= 0.6 is 0 Å². The molecule has 0 spiro atoms. The molecule has 3 aromatic rings. The Morgan fingerprint density at radius 3 is 2.66 bits per heavy atom. The third-order valence-corrected chi connectivity index (χ3v) is 7.00. The predicted molar refractivity (Wildman–Crippen MR) is 126 cm³/mol. The van der Waals surface area contributed by atoms with Gasteiger partial charge in [0.2, 0.25) is 11.9 Å². The molecule has 2 atom stereocenters. The Morgan fingerprint density at radius 1 is 1.06 bits per heavy atom. The third kappa shape index (κ3) is 4.60. The summed E-state index contributed by atoms with van der Waals surface area (Å²) >= 11 is 0. The lowest BCUT2D eigenvalue weighted by Crippen LogP contribution is -2.40. The van der Waals surface area contributed by atoms with Crippen molar-refractivity contribution in [2.75, 3.05) is 11.1 Å². The molecule has 0 radical (unpaired) electrons. The van der Waals surface area contributed by atoms with Crippen LogP contribution in [0.3, 0.4) is 0 Å². The number of nitrogens with two attached hydrogens (primary N) is 1. The number of aryl methyl sites for hydroxylation is 2. The normalized spacial score (nSPS) is 20.0. The number of nitrogens with zero attached hydrogens (tertiary/aromatic N) is 5. The van der Waals surface area contributed by atoms with Gasteiger partial charge in [-0.15, -0.1) is 10.2 Å². The van der Waals surface area contributed by atoms with Crippen LogP contribution in [0, 0.1) is 5.92 Å². The summed E-state index contributed by atoms with van der Waals surface area (Å²) in [5.74, 6) is 2.12. The number of fused-ring (bicyclic) bond motifs is 1. The van der Waals surface area contributed by atoms with E-state index < -0.39 is 0 Å². The minimum atomic E-state index is 0.271. The minimum Gasteiger partial charge on any atom is -0.368 e. The summed E-state index contributed by atoms with van der Waals surface area (Å²) in [7, 11) is 0. The van der Waals surface area contributed by atoms with E-state index >= 15 is 0 Å². The summed E-state index contributed by atoms with van der Waals surface area (Å²) in [4.78, 5) is 4.34. The van der Waals surface area contributed by atoms with Crippen LogP contribution in [-0.2, 0) is 12.8 Å². The van der Waals surface area contributed by atoms with Gasteiger partial charge in [0.1, 0.15) is 0 Å². The average molecular weight is 433 g/mol. The van der Waals surface area contributed by atoms with Gasteiger partial charge in [0.05, 0.1) is 0 Å². The van der Waals surface area contributed by atoms with E-state index in [1.807, 2.05) is 0 Å². The Balaban J connectivity index is 1.24. The van der Waals surface area contributed by atoms with Crippen LogP contribution in [0.15, 0.2) is 36.5 Å². The molecule has 0 amide bonds. The van der Waals surface area contributed by atoms with Gasteiger partial charge >= 0.3 is 0 Å². The van der Waals surface area contributed by atoms with E-state index in [0.29, 0.717) is 23.8 Å². The monoisotopic (exact) mass is 432 g/mol. The number of nitrogens with one attached hydrogen (secondary N) is 2. The van der Waals surface area contributed by atoms with Gasteiger partial charge < -0.3 is 16.4 Å². The molecule has 2 aromatic heterocycles. The van der Waals surface area contributed by atoms with Crippen molar-refractivity contribution in [1.29, 1.82) is 0 Å². The van der Waals surface area contributed by atoms with E-state index in [0.717, 1.165) is 24.4 Å². The van der Waals surface area contributed by atoms with E-state index in [2.05, 4.69) is 56.0 Å². The molecular formula is C24H32N8. The first kappa shape index (κ1) is 20.9. The Hall–Kier alpha value is -3.00.